The Labute approximate surface area is 119 Å². The van der Waals surface area contributed by atoms with Gasteiger partial charge >= 0.3 is 0 Å². The minimum atomic E-state index is 0.124. The van der Waals surface area contributed by atoms with Crippen molar-refractivity contribution >= 4 is 5.96 Å². The zero-order chi connectivity index (χ0) is 14.5. The van der Waals surface area contributed by atoms with Crippen LogP contribution >= 0.6 is 0 Å². The highest BCUT2D eigenvalue weighted by atomic mass is 15.2. The first-order valence-corrected chi connectivity index (χ1v) is 7.49. The molecule has 4 heteroatoms. The van der Waals surface area contributed by atoms with Crippen molar-refractivity contribution in [2.45, 2.75) is 58.0 Å². The molecule has 0 spiro atoms. The molecule has 1 fully saturated rings. The Morgan fingerprint density at radius 1 is 1.21 bits per heavy atom. The van der Waals surface area contributed by atoms with Crippen molar-refractivity contribution < 1.29 is 0 Å². The predicted molar refractivity (Wildman–Crippen MR) is 83.7 cm³/mol. The van der Waals surface area contributed by atoms with Gasteiger partial charge in [-0.25, -0.2) is 0 Å². The highest BCUT2D eigenvalue weighted by Gasteiger charge is 2.22. The van der Waals surface area contributed by atoms with E-state index in [0.29, 0.717) is 6.04 Å². The van der Waals surface area contributed by atoms with E-state index in [0.717, 1.165) is 18.4 Å². The first-order valence-electron chi connectivity index (χ1n) is 7.49. The fourth-order valence-electron chi connectivity index (χ4n) is 2.25. The van der Waals surface area contributed by atoms with Gasteiger partial charge in [-0.2, -0.15) is 0 Å². The zero-order valence-corrected chi connectivity index (χ0v) is 13.6. The summed E-state index contributed by atoms with van der Waals surface area (Å²) in [6.07, 6.45) is 5.19. The van der Waals surface area contributed by atoms with Crippen molar-refractivity contribution in [1.82, 2.24) is 15.5 Å². The number of hydrogen-bond acceptors (Lipinski definition) is 2. The maximum Gasteiger partial charge on any atom is 0.191 e. The van der Waals surface area contributed by atoms with E-state index in [4.69, 9.17) is 0 Å². The summed E-state index contributed by atoms with van der Waals surface area (Å²) < 4.78 is 0. The molecule has 0 unspecified atom stereocenters. The first kappa shape index (κ1) is 16.3. The fourth-order valence-corrected chi connectivity index (χ4v) is 2.25. The fraction of sp³-hybridized carbons (Fsp3) is 0.933. The minimum absolute atomic E-state index is 0.124. The van der Waals surface area contributed by atoms with Crippen molar-refractivity contribution in [1.29, 1.82) is 0 Å². The molecule has 0 aromatic rings. The van der Waals surface area contributed by atoms with Gasteiger partial charge < -0.3 is 15.5 Å². The number of hydrogen-bond donors (Lipinski definition) is 2. The molecule has 0 amide bonds. The molecule has 0 radical (unpaired) electrons. The molecule has 0 saturated heterocycles. The van der Waals surface area contributed by atoms with Crippen LogP contribution in [0.4, 0.5) is 0 Å². The molecule has 2 N–H and O–H groups in total. The monoisotopic (exact) mass is 268 g/mol. The molecule has 112 valence electrons. The van der Waals surface area contributed by atoms with Crippen LogP contribution in [0, 0.1) is 5.92 Å². The van der Waals surface area contributed by atoms with Crippen LogP contribution in [0.25, 0.3) is 0 Å². The Hall–Kier alpha value is -0.770. The molecular weight excluding hydrogens is 236 g/mol. The SMILES string of the molecule is CN=C(NCC(C)(C)N(C)C)NC1CCC(C)CC1. The van der Waals surface area contributed by atoms with Gasteiger partial charge in [0.2, 0.25) is 0 Å². The van der Waals surface area contributed by atoms with E-state index in [-0.39, 0.29) is 5.54 Å². The highest BCUT2D eigenvalue weighted by Crippen LogP contribution is 2.23. The summed E-state index contributed by atoms with van der Waals surface area (Å²) in [6.45, 7) is 7.71. The number of rotatable bonds is 4. The Morgan fingerprint density at radius 3 is 2.26 bits per heavy atom. The van der Waals surface area contributed by atoms with Crippen molar-refractivity contribution in [2.24, 2.45) is 10.9 Å². The average Bonchev–Trinajstić information content (AvgIpc) is 2.36. The number of likely N-dealkylation sites (N-methyl/N-ethyl adjacent to an activating group) is 1. The Balaban J connectivity index is 2.38. The van der Waals surface area contributed by atoms with Gasteiger partial charge in [0.05, 0.1) is 0 Å². The standard InChI is InChI=1S/C15H32N4/c1-12-7-9-13(10-8-12)18-14(16-4)17-11-15(2,3)19(5)6/h12-13H,7-11H2,1-6H3,(H2,16,17,18). The summed E-state index contributed by atoms with van der Waals surface area (Å²) in [5.41, 5.74) is 0.124. The second-order valence-electron chi connectivity index (χ2n) is 6.73. The summed E-state index contributed by atoms with van der Waals surface area (Å²) in [5.74, 6) is 1.83. The number of guanidine groups is 1. The Kier molecular flexibility index (Phi) is 6.11. The Morgan fingerprint density at radius 2 is 1.79 bits per heavy atom. The van der Waals surface area contributed by atoms with Gasteiger partial charge in [-0.1, -0.05) is 6.92 Å². The van der Waals surface area contributed by atoms with E-state index >= 15 is 0 Å². The lowest BCUT2D eigenvalue weighted by Gasteiger charge is -2.34. The maximum atomic E-state index is 4.34. The molecule has 0 heterocycles. The van der Waals surface area contributed by atoms with Gasteiger partial charge in [0.1, 0.15) is 0 Å². The highest BCUT2D eigenvalue weighted by molar-refractivity contribution is 5.80. The maximum absolute atomic E-state index is 4.34. The van der Waals surface area contributed by atoms with E-state index in [1.54, 1.807) is 0 Å². The third-order valence-corrected chi connectivity index (χ3v) is 4.48. The second kappa shape index (κ2) is 7.13. The van der Waals surface area contributed by atoms with Crippen LogP contribution in [0.2, 0.25) is 0 Å². The van der Waals surface area contributed by atoms with Crippen LogP contribution in [0.15, 0.2) is 4.99 Å². The van der Waals surface area contributed by atoms with Crippen LogP contribution in [-0.2, 0) is 0 Å². The molecule has 0 bridgehead atoms. The van der Waals surface area contributed by atoms with Gasteiger partial charge in [-0.15, -0.1) is 0 Å². The van der Waals surface area contributed by atoms with Gasteiger partial charge in [0.15, 0.2) is 5.96 Å². The summed E-state index contributed by atoms with van der Waals surface area (Å²) in [5, 5.41) is 7.00. The number of nitrogens with one attached hydrogen (secondary N) is 2. The molecule has 1 saturated carbocycles. The molecule has 1 aliphatic carbocycles. The van der Waals surface area contributed by atoms with Crippen LogP contribution in [0.1, 0.15) is 46.5 Å². The lowest BCUT2D eigenvalue weighted by molar-refractivity contribution is 0.197. The average molecular weight is 268 g/mol. The van der Waals surface area contributed by atoms with Crippen molar-refractivity contribution in [3.8, 4) is 0 Å². The molecule has 0 aliphatic heterocycles. The molecule has 1 rings (SSSR count). The summed E-state index contributed by atoms with van der Waals surface area (Å²) in [6, 6.07) is 0.588. The molecule has 0 atom stereocenters. The summed E-state index contributed by atoms with van der Waals surface area (Å²) in [7, 11) is 6.07. The van der Waals surface area contributed by atoms with E-state index in [1.807, 2.05) is 7.05 Å². The third-order valence-electron chi connectivity index (χ3n) is 4.48. The van der Waals surface area contributed by atoms with E-state index < -0.39 is 0 Å². The van der Waals surface area contributed by atoms with Crippen LogP contribution < -0.4 is 10.6 Å². The van der Waals surface area contributed by atoms with Gasteiger partial charge in [0, 0.05) is 25.2 Å². The van der Waals surface area contributed by atoms with Gasteiger partial charge in [0.25, 0.3) is 0 Å². The predicted octanol–water partition coefficient (Wildman–Crippen LogP) is 2.07. The molecule has 0 aromatic carbocycles. The second-order valence-corrected chi connectivity index (χ2v) is 6.73. The molecule has 1 aliphatic rings. The molecule has 0 aromatic heterocycles. The van der Waals surface area contributed by atoms with Gasteiger partial charge in [-0.3, -0.25) is 4.99 Å². The van der Waals surface area contributed by atoms with Crippen LogP contribution in [0.5, 0.6) is 0 Å². The smallest absolute Gasteiger partial charge is 0.191 e. The first-order chi connectivity index (χ1) is 8.85. The normalized spacial score (nSPS) is 25.5. The van der Waals surface area contributed by atoms with Gasteiger partial charge in [-0.05, 0) is 59.5 Å². The van der Waals surface area contributed by atoms with E-state index in [2.05, 4.69) is 55.4 Å². The molecule has 4 nitrogen and oxygen atoms in total. The van der Waals surface area contributed by atoms with Crippen molar-refractivity contribution in [2.75, 3.05) is 27.7 Å². The van der Waals surface area contributed by atoms with Crippen LogP contribution in [-0.4, -0.2) is 50.1 Å². The Bertz CT molecular complexity index is 289. The minimum Gasteiger partial charge on any atom is -0.355 e. The summed E-state index contributed by atoms with van der Waals surface area (Å²) in [4.78, 5) is 6.57. The van der Waals surface area contributed by atoms with E-state index in [9.17, 15) is 0 Å². The lowest BCUT2D eigenvalue weighted by Crippen LogP contribution is -2.52. The number of nitrogens with zero attached hydrogens (tertiary/aromatic N) is 2. The third kappa shape index (κ3) is 5.39. The van der Waals surface area contributed by atoms with Crippen LogP contribution in [0.3, 0.4) is 0 Å². The van der Waals surface area contributed by atoms with E-state index in [1.165, 1.54) is 25.7 Å². The quantitative estimate of drug-likeness (QED) is 0.606. The number of aliphatic imine (C=N–C) groups is 1. The summed E-state index contributed by atoms with van der Waals surface area (Å²) >= 11 is 0. The van der Waals surface area contributed by atoms with Crippen molar-refractivity contribution in [3.05, 3.63) is 0 Å². The lowest BCUT2D eigenvalue weighted by atomic mass is 9.87. The molecule has 19 heavy (non-hydrogen) atoms. The zero-order valence-electron chi connectivity index (χ0n) is 13.6. The molecular formula is C15H32N4. The van der Waals surface area contributed by atoms with Crippen molar-refractivity contribution in [3.63, 3.8) is 0 Å². The largest absolute Gasteiger partial charge is 0.355 e. The topological polar surface area (TPSA) is 39.7 Å².